The molecule has 1 aromatic carbocycles. The van der Waals surface area contributed by atoms with Gasteiger partial charge in [0, 0.05) is 57.4 Å². The smallest absolute Gasteiger partial charge is 0.272 e. The number of carbonyl (C=O) groups is 4. The van der Waals surface area contributed by atoms with Crippen molar-refractivity contribution >= 4 is 64.1 Å². The van der Waals surface area contributed by atoms with Crippen LogP contribution >= 0.6 is 23.4 Å². The number of H-pyrrole nitrogens is 3. The van der Waals surface area contributed by atoms with Gasteiger partial charge in [-0.1, -0.05) is 0 Å². The summed E-state index contributed by atoms with van der Waals surface area (Å²) in [4.78, 5) is 59.9. The van der Waals surface area contributed by atoms with Gasteiger partial charge in [0.25, 0.3) is 23.6 Å². The number of hydrogen-bond donors (Lipinski definition) is 7. The molecule has 4 rings (SSSR count). The topological polar surface area (TPSA) is 178 Å². The summed E-state index contributed by atoms with van der Waals surface area (Å²) in [5, 5.41) is 8.37. The van der Waals surface area contributed by atoms with Crippen LogP contribution in [0.5, 0.6) is 0 Å². The fourth-order valence-electron chi connectivity index (χ4n) is 4.27. The molecule has 3 aromatic heterocycles. The van der Waals surface area contributed by atoms with Crippen molar-refractivity contribution in [2.24, 2.45) is 5.73 Å². The van der Waals surface area contributed by atoms with Crippen molar-refractivity contribution in [1.82, 2.24) is 15.0 Å². The average Bonchev–Trinajstić information content (AvgIpc) is 3.60. The van der Waals surface area contributed by atoms with Gasteiger partial charge < -0.3 is 36.6 Å². The number of aryl methyl sites for hydroxylation is 1. The van der Waals surface area contributed by atoms with Crippen LogP contribution in [0.4, 0.5) is 17.1 Å². The Kier molecular flexibility index (Phi) is 8.94. The minimum absolute atomic E-state index is 0.207. The highest BCUT2D eigenvalue weighted by atomic mass is 35.5. The summed E-state index contributed by atoms with van der Waals surface area (Å²) in [6, 6.07) is 5.47. The molecule has 0 radical (unpaired) electrons. The molecule has 41 heavy (non-hydrogen) atoms. The predicted molar refractivity (Wildman–Crippen MR) is 162 cm³/mol. The number of primary amides is 1. The molecule has 0 fully saturated rings. The third-order valence-electron chi connectivity index (χ3n) is 6.64. The molecular formula is C28H30ClN7O4S. The lowest BCUT2D eigenvalue weighted by atomic mass is 10.1. The molecule has 13 heteroatoms. The number of aromatic nitrogens is 3. The molecule has 8 N–H and O–H groups in total. The summed E-state index contributed by atoms with van der Waals surface area (Å²) in [6.07, 6.45) is 4.55. The number of amides is 4. The first-order valence-electron chi connectivity index (χ1n) is 12.6. The van der Waals surface area contributed by atoms with Gasteiger partial charge in [-0.05, 0) is 51.5 Å². The second kappa shape index (κ2) is 12.4. The number of nitrogens with two attached hydrogens (primary N) is 1. The van der Waals surface area contributed by atoms with E-state index < -0.39 is 17.7 Å². The van der Waals surface area contributed by atoms with E-state index in [0.717, 1.165) is 16.2 Å². The van der Waals surface area contributed by atoms with Crippen LogP contribution in [0.15, 0.2) is 41.7 Å². The predicted octanol–water partition coefficient (Wildman–Crippen LogP) is 5.09. The number of nitrogens with one attached hydrogen (secondary N) is 6. The Morgan fingerprint density at radius 3 is 1.66 bits per heavy atom. The van der Waals surface area contributed by atoms with Crippen LogP contribution in [-0.4, -0.2) is 50.2 Å². The monoisotopic (exact) mass is 595 g/mol. The van der Waals surface area contributed by atoms with E-state index in [1.807, 2.05) is 19.1 Å². The first-order valence-corrected chi connectivity index (χ1v) is 14.1. The molecule has 3 heterocycles. The van der Waals surface area contributed by atoms with Crippen LogP contribution in [-0.2, 0) is 0 Å². The number of carbonyl (C=O) groups excluding carboxylic acids is 4. The highest BCUT2D eigenvalue weighted by molar-refractivity contribution is 7.99. The van der Waals surface area contributed by atoms with Crippen molar-refractivity contribution in [3.63, 3.8) is 0 Å². The average molecular weight is 596 g/mol. The Bertz CT molecular complexity index is 1650. The largest absolute Gasteiger partial charge is 0.364 e. The molecule has 0 saturated heterocycles. The second-order valence-corrected chi connectivity index (χ2v) is 10.9. The first kappa shape index (κ1) is 29.6. The van der Waals surface area contributed by atoms with Crippen molar-refractivity contribution in [1.29, 1.82) is 0 Å². The Morgan fingerprint density at radius 2 is 1.22 bits per heavy atom. The zero-order chi connectivity index (χ0) is 29.8. The summed E-state index contributed by atoms with van der Waals surface area (Å²) in [5.74, 6) is -0.500. The zero-order valence-electron chi connectivity index (χ0n) is 22.9. The maximum Gasteiger partial charge on any atom is 0.272 e. The number of halogens is 1. The summed E-state index contributed by atoms with van der Waals surface area (Å²) in [5.41, 5.74) is 10.4. The van der Waals surface area contributed by atoms with Gasteiger partial charge in [0.05, 0.1) is 17.1 Å². The van der Waals surface area contributed by atoms with Gasteiger partial charge >= 0.3 is 0 Å². The summed E-state index contributed by atoms with van der Waals surface area (Å²) in [6.45, 7) is 7.01. The fourth-order valence-corrected chi connectivity index (χ4v) is 5.25. The van der Waals surface area contributed by atoms with Crippen molar-refractivity contribution in [2.75, 3.05) is 27.6 Å². The molecule has 0 spiro atoms. The molecule has 0 unspecified atom stereocenters. The fraction of sp³-hybridized carbons (Fsp3) is 0.214. The molecule has 0 aliphatic carbocycles. The van der Waals surface area contributed by atoms with Gasteiger partial charge in [-0.15, -0.1) is 23.4 Å². The zero-order valence-corrected chi connectivity index (χ0v) is 24.4. The van der Waals surface area contributed by atoms with Gasteiger partial charge in [-0.3, -0.25) is 19.2 Å². The molecule has 0 saturated carbocycles. The molecular weight excluding hydrogens is 566 g/mol. The van der Waals surface area contributed by atoms with E-state index in [1.54, 1.807) is 44.8 Å². The number of hydrogen-bond acceptors (Lipinski definition) is 5. The van der Waals surface area contributed by atoms with Gasteiger partial charge in [0.15, 0.2) is 0 Å². The van der Waals surface area contributed by atoms with E-state index in [9.17, 15) is 19.2 Å². The summed E-state index contributed by atoms with van der Waals surface area (Å²) < 4.78 is 0. The lowest BCUT2D eigenvalue weighted by molar-refractivity contribution is 0.0990. The second-order valence-electron chi connectivity index (χ2n) is 9.35. The number of anilines is 3. The number of alkyl halides is 1. The quantitative estimate of drug-likeness (QED) is 0.0995. The van der Waals surface area contributed by atoms with E-state index in [-0.39, 0.29) is 23.0 Å². The number of benzene rings is 1. The van der Waals surface area contributed by atoms with Crippen LogP contribution in [0.1, 0.15) is 64.1 Å². The normalized spacial score (nSPS) is 10.9. The van der Waals surface area contributed by atoms with Crippen molar-refractivity contribution in [2.45, 2.75) is 32.6 Å². The highest BCUT2D eigenvalue weighted by Crippen LogP contribution is 2.26. The molecule has 0 bridgehead atoms. The molecule has 0 atom stereocenters. The highest BCUT2D eigenvalue weighted by Gasteiger charge is 2.21. The van der Waals surface area contributed by atoms with Crippen molar-refractivity contribution in [3.8, 4) is 0 Å². The number of thioether (sulfide) groups is 1. The maximum atomic E-state index is 13.1. The lowest BCUT2D eigenvalue weighted by Crippen LogP contribution is -2.16. The molecule has 11 nitrogen and oxygen atoms in total. The van der Waals surface area contributed by atoms with E-state index in [2.05, 4.69) is 30.9 Å². The Morgan fingerprint density at radius 1 is 0.756 bits per heavy atom. The van der Waals surface area contributed by atoms with E-state index in [1.165, 1.54) is 12.4 Å². The first-order chi connectivity index (χ1) is 19.5. The summed E-state index contributed by atoms with van der Waals surface area (Å²) >= 11 is 7.41. The molecule has 214 valence electrons. The lowest BCUT2D eigenvalue weighted by Gasteiger charge is -2.09. The standard InChI is InChI=1S/C28H30ClN7O4S/c1-13-9-17(5-6-21(13)41-8-7-29)26(38)34-19-11-32-23(15(19)3)28(40)36-20-12-33-24(16(20)4)27(39)35-18-10-31-22(14(18)2)25(30)37/h5-6,9-12,31-33H,7-8H2,1-4H3,(H2,30,37)(H,34,38)(H,35,39)(H,36,40). The molecule has 0 aliphatic rings. The number of rotatable bonds is 10. The molecule has 4 amide bonds. The third kappa shape index (κ3) is 6.34. The Balaban J connectivity index is 1.42. The number of aromatic amines is 3. The third-order valence-corrected chi connectivity index (χ3v) is 8.23. The molecule has 0 aliphatic heterocycles. The Hall–Kier alpha value is -4.42. The van der Waals surface area contributed by atoms with Gasteiger partial charge in [0.2, 0.25) is 0 Å². The van der Waals surface area contributed by atoms with Gasteiger partial charge in [-0.25, -0.2) is 0 Å². The van der Waals surface area contributed by atoms with Gasteiger partial charge in [0.1, 0.15) is 17.1 Å². The van der Waals surface area contributed by atoms with Gasteiger partial charge in [-0.2, -0.15) is 0 Å². The minimum atomic E-state index is -0.631. The minimum Gasteiger partial charge on any atom is -0.364 e. The maximum absolute atomic E-state index is 13.1. The van der Waals surface area contributed by atoms with Crippen molar-refractivity contribution in [3.05, 3.63) is 81.7 Å². The van der Waals surface area contributed by atoms with Crippen LogP contribution in [0, 0.1) is 27.7 Å². The SMILES string of the molecule is Cc1cc(C(=O)Nc2c[nH]c(C(=O)Nc3c[nH]c(C(=O)Nc4c[nH]c(C(N)=O)c4C)c3C)c2C)ccc1SCCCl. The van der Waals surface area contributed by atoms with E-state index in [4.69, 9.17) is 17.3 Å². The van der Waals surface area contributed by atoms with Crippen LogP contribution in [0.2, 0.25) is 0 Å². The van der Waals surface area contributed by atoms with Crippen molar-refractivity contribution < 1.29 is 19.2 Å². The van der Waals surface area contributed by atoms with Crippen LogP contribution < -0.4 is 21.7 Å². The van der Waals surface area contributed by atoms with Crippen LogP contribution in [0.3, 0.4) is 0 Å². The van der Waals surface area contributed by atoms with E-state index >= 15 is 0 Å². The molecule has 4 aromatic rings. The van der Waals surface area contributed by atoms with Crippen LogP contribution in [0.25, 0.3) is 0 Å². The Labute approximate surface area is 245 Å². The van der Waals surface area contributed by atoms with E-state index in [0.29, 0.717) is 45.2 Å². The summed E-state index contributed by atoms with van der Waals surface area (Å²) in [7, 11) is 0.